The molecule has 0 aliphatic carbocycles. The molecular weight excluding hydrogens is 340 g/mol. The summed E-state index contributed by atoms with van der Waals surface area (Å²) < 4.78 is 6.88. The van der Waals surface area contributed by atoms with Crippen molar-refractivity contribution in [2.75, 3.05) is 12.4 Å². The lowest BCUT2D eigenvalue weighted by molar-refractivity contribution is 0.102. The van der Waals surface area contributed by atoms with Crippen LogP contribution in [0, 0.1) is 13.8 Å². The quantitative estimate of drug-likeness (QED) is 0.772. The van der Waals surface area contributed by atoms with E-state index in [0.29, 0.717) is 22.2 Å². The van der Waals surface area contributed by atoms with Crippen LogP contribution >= 0.6 is 11.6 Å². The third-order valence-corrected chi connectivity index (χ3v) is 4.00. The van der Waals surface area contributed by atoms with Crippen LogP contribution in [0.4, 0.5) is 5.69 Å². The molecule has 0 atom stereocenters. The van der Waals surface area contributed by atoms with E-state index in [9.17, 15) is 4.79 Å². The Morgan fingerprint density at radius 1 is 1.20 bits per heavy atom. The largest absolute Gasteiger partial charge is 0.495 e. The third kappa shape index (κ3) is 3.49. The van der Waals surface area contributed by atoms with Gasteiger partial charge >= 0.3 is 0 Å². The first-order chi connectivity index (χ1) is 12.0. The molecule has 1 heterocycles. The summed E-state index contributed by atoms with van der Waals surface area (Å²) in [5.74, 6) is 0.137. The predicted octanol–water partition coefficient (Wildman–Crippen LogP) is 3.80. The van der Waals surface area contributed by atoms with Crippen molar-refractivity contribution < 1.29 is 9.53 Å². The van der Waals surface area contributed by atoms with Gasteiger partial charge in [-0.25, -0.2) is 4.68 Å². The number of rotatable bonds is 4. The van der Waals surface area contributed by atoms with Gasteiger partial charge in [-0.05, 0) is 49.7 Å². The Morgan fingerprint density at radius 3 is 2.72 bits per heavy atom. The molecule has 1 N–H and O–H groups in total. The first-order valence-corrected chi connectivity index (χ1v) is 8.01. The number of nitrogens with zero attached hydrogens (tertiary/aromatic N) is 3. The van der Waals surface area contributed by atoms with Gasteiger partial charge in [0.05, 0.1) is 24.2 Å². The number of aromatic nitrogens is 3. The van der Waals surface area contributed by atoms with Crippen molar-refractivity contribution in [2.24, 2.45) is 0 Å². The minimum atomic E-state index is -0.378. The number of ether oxygens (including phenoxy) is 1. The number of carbonyl (C=O) groups is 1. The van der Waals surface area contributed by atoms with Gasteiger partial charge in [0.25, 0.3) is 5.91 Å². The van der Waals surface area contributed by atoms with Crippen LogP contribution < -0.4 is 10.1 Å². The molecule has 0 saturated carbocycles. The van der Waals surface area contributed by atoms with Gasteiger partial charge in [0, 0.05) is 5.02 Å². The van der Waals surface area contributed by atoms with E-state index in [2.05, 4.69) is 15.6 Å². The summed E-state index contributed by atoms with van der Waals surface area (Å²) in [5, 5.41) is 11.4. The number of methoxy groups -OCH3 is 1. The van der Waals surface area contributed by atoms with E-state index < -0.39 is 0 Å². The lowest BCUT2D eigenvalue weighted by atomic mass is 10.2. The number of benzene rings is 2. The van der Waals surface area contributed by atoms with Crippen LogP contribution in [0.1, 0.15) is 21.7 Å². The molecule has 0 fully saturated rings. The van der Waals surface area contributed by atoms with Crippen LogP contribution in [0.15, 0.2) is 42.5 Å². The number of aryl methyl sites for hydroxylation is 1. The molecule has 6 nitrogen and oxygen atoms in total. The van der Waals surface area contributed by atoms with Crippen LogP contribution in [-0.2, 0) is 0 Å². The zero-order chi connectivity index (χ0) is 18.0. The summed E-state index contributed by atoms with van der Waals surface area (Å²) in [6, 6.07) is 12.8. The summed E-state index contributed by atoms with van der Waals surface area (Å²) in [5.41, 5.74) is 3.31. The summed E-state index contributed by atoms with van der Waals surface area (Å²) in [7, 11) is 1.53. The molecule has 1 amide bonds. The maximum absolute atomic E-state index is 12.6. The van der Waals surface area contributed by atoms with Crippen LogP contribution in [0.3, 0.4) is 0 Å². The van der Waals surface area contributed by atoms with Gasteiger partial charge in [-0.15, -0.1) is 5.10 Å². The lowest BCUT2D eigenvalue weighted by Crippen LogP contribution is -2.15. The molecule has 7 heteroatoms. The molecular formula is C18H17ClN4O2. The Bertz CT molecular complexity index is 937. The van der Waals surface area contributed by atoms with E-state index in [1.807, 2.05) is 31.2 Å². The van der Waals surface area contributed by atoms with Gasteiger partial charge in [0.2, 0.25) is 0 Å². The smallest absolute Gasteiger partial charge is 0.278 e. The molecule has 1 aromatic heterocycles. The first-order valence-electron chi connectivity index (χ1n) is 7.64. The summed E-state index contributed by atoms with van der Waals surface area (Å²) in [6.07, 6.45) is 0. The molecule has 2 aromatic carbocycles. The fraction of sp³-hybridized carbons (Fsp3) is 0.167. The molecule has 3 rings (SSSR count). The third-order valence-electron chi connectivity index (χ3n) is 3.77. The average molecular weight is 357 g/mol. The van der Waals surface area contributed by atoms with Crippen LogP contribution in [0.25, 0.3) is 5.69 Å². The van der Waals surface area contributed by atoms with Crippen molar-refractivity contribution in [1.82, 2.24) is 15.0 Å². The second kappa shape index (κ2) is 6.94. The van der Waals surface area contributed by atoms with E-state index >= 15 is 0 Å². The van der Waals surface area contributed by atoms with Crippen molar-refractivity contribution in [1.29, 1.82) is 0 Å². The molecule has 3 aromatic rings. The van der Waals surface area contributed by atoms with Crippen molar-refractivity contribution in [3.63, 3.8) is 0 Å². The standard InChI is InChI=1S/C18H17ClN4O2/c1-11-5-4-6-14(9-11)23-12(2)17(21-22-23)18(24)20-15-10-13(19)7-8-16(15)25-3/h4-10H,1-3H3,(H,20,24). The Kier molecular flexibility index (Phi) is 4.72. The molecule has 0 unspecified atom stereocenters. The minimum Gasteiger partial charge on any atom is -0.495 e. The molecule has 128 valence electrons. The van der Waals surface area contributed by atoms with E-state index in [-0.39, 0.29) is 11.6 Å². The van der Waals surface area contributed by atoms with Crippen LogP contribution in [0.2, 0.25) is 5.02 Å². The fourth-order valence-corrected chi connectivity index (χ4v) is 2.68. The zero-order valence-corrected chi connectivity index (χ0v) is 14.8. The maximum atomic E-state index is 12.6. The second-order valence-corrected chi connectivity index (χ2v) is 6.01. The van der Waals surface area contributed by atoms with Crippen molar-refractivity contribution in [3.8, 4) is 11.4 Å². The van der Waals surface area contributed by atoms with Crippen molar-refractivity contribution >= 4 is 23.2 Å². The monoisotopic (exact) mass is 356 g/mol. The summed E-state index contributed by atoms with van der Waals surface area (Å²) in [4.78, 5) is 12.6. The van der Waals surface area contributed by atoms with Crippen molar-refractivity contribution in [3.05, 3.63) is 64.4 Å². The highest BCUT2D eigenvalue weighted by Gasteiger charge is 2.19. The molecule has 0 aliphatic heterocycles. The lowest BCUT2D eigenvalue weighted by Gasteiger charge is -2.10. The number of carbonyl (C=O) groups excluding carboxylic acids is 1. The van der Waals surface area contributed by atoms with Gasteiger partial charge in [-0.3, -0.25) is 4.79 Å². The van der Waals surface area contributed by atoms with Gasteiger partial charge in [-0.2, -0.15) is 0 Å². The number of amides is 1. The highest BCUT2D eigenvalue weighted by molar-refractivity contribution is 6.31. The maximum Gasteiger partial charge on any atom is 0.278 e. The number of halogens is 1. The minimum absolute atomic E-state index is 0.239. The molecule has 0 spiro atoms. The predicted molar refractivity (Wildman–Crippen MR) is 96.8 cm³/mol. The summed E-state index contributed by atoms with van der Waals surface area (Å²) in [6.45, 7) is 3.79. The van der Waals surface area contributed by atoms with E-state index in [0.717, 1.165) is 11.3 Å². The van der Waals surface area contributed by atoms with Gasteiger partial charge in [0.1, 0.15) is 5.75 Å². The Labute approximate surface area is 150 Å². The van der Waals surface area contributed by atoms with E-state index in [1.54, 1.807) is 29.8 Å². The first kappa shape index (κ1) is 17.0. The highest BCUT2D eigenvalue weighted by atomic mass is 35.5. The van der Waals surface area contributed by atoms with Crippen LogP contribution in [-0.4, -0.2) is 28.0 Å². The highest BCUT2D eigenvalue weighted by Crippen LogP contribution is 2.28. The number of hydrogen-bond donors (Lipinski definition) is 1. The second-order valence-electron chi connectivity index (χ2n) is 5.57. The number of nitrogens with one attached hydrogen (secondary N) is 1. The van der Waals surface area contributed by atoms with Crippen molar-refractivity contribution in [2.45, 2.75) is 13.8 Å². The van der Waals surface area contributed by atoms with Gasteiger partial charge in [-0.1, -0.05) is 28.9 Å². The normalized spacial score (nSPS) is 10.6. The van der Waals surface area contributed by atoms with E-state index in [4.69, 9.17) is 16.3 Å². The summed E-state index contributed by atoms with van der Waals surface area (Å²) >= 11 is 5.99. The zero-order valence-electron chi connectivity index (χ0n) is 14.1. The Morgan fingerprint density at radius 2 is 2.00 bits per heavy atom. The number of anilines is 1. The van der Waals surface area contributed by atoms with Crippen LogP contribution in [0.5, 0.6) is 5.75 Å². The fourth-order valence-electron chi connectivity index (χ4n) is 2.50. The molecule has 0 radical (unpaired) electrons. The molecule has 0 aliphatic rings. The SMILES string of the molecule is COc1ccc(Cl)cc1NC(=O)c1nnn(-c2cccc(C)c2)c1C. The van der Waals surface area contributed by atoms with E-state index in [1.165, 1.54) is 7.11 Å². The number of hydrogen-bond acceptors (Lipinski definition) is 4. The topological polar surface area (TPSA) is 69.0 Å². The Hall–Kier alpha value is -2.86. The Balaban J connectivity index is 1.91. The van der Waals surface area contributed by atoms with Gasteiger partial charge < -0.3 is 10.1 Å². The average Bonchev–Trinajstić information content (AvgIpc) is 2.97. The van der Waals surface area contributed by atoms with Gasteiger partial charge in [0.15, 0.2) is 5.69 Å². The molecule has 0 saturated heterocycles. The molecule has 25 heavy (non-hydrogen) atoms. The molecule has 0 bridgehead atoms.